The zero-order valence-electron chi connectivity index (χ0n) is 12.9. The van der Waals surface area contributed by atoms with Crippen LogP contribution < -0.4 is 14.8 Å². The van der Waals surface area contributed by atoms with Crippen molar-refractivity contribution < 1.29 is 18.7 Å². The molecule has 122 valence electrons. The summed E-state index contributed by atoms with van der Waals surface area (Å²) in [6.45, 7) is 0. The van der Waals surface area contributed by atoms with Gasteiger partial charge in [-0.3, -0.25) is 4.79 Å². The highest BCUT2D eigenvalue weighted by Crippen LogP contribution is 2.33. The number of nitrogens with one attached hydrogen (secondary N) is 1. The van der Waals surface area contributed by atoms with Gasteiger partial charge < -0.3 is 14.8 Å². The fraction of sp³-hybridized carbons (Fsp3) is 0.235. The Morgan fingerprint density at radius 3 is 2.48 bits per heavy atom. The van der Waals surface area contributed by atoms with E-state index in [4.69, 9.17) is 9.47 Å². The van der Waals surface area contributed by atoms with E-state index >= 15 is 0 Å². The Balaban J connectivity index is 2.03. The summed E-state index contributed by atoms with van der Waals surface area (Å²) in [7, 11) is 3.12. The molecule has 0 spiro atoms. The van der Waals surface area contributed by atoms with Crippen LogP contribution >= 0.6 is 15.9 Å². The SMILES string of the molecule is COc1cc(Br)c(CCC(=O)Nc2ccccc2F)cc1OC. The van der Waals surface area contributed by atoms with E-state index in [1.165, 1.54) is 12.1 Å². The Hall–Kier alpha value is -2.08. The fourth-order valence-corrected chi connectivity index (χ4v) is 2.63. The second kappa shape index (κ2) is 7.97. The molecule has 1 amide bonds. The van der Waals surface area contributed by atoms with Crippen molar-refractivity contribution in [2.45, 2.75) is 12.8 Å². The molecular weight excluding hydrogens is 365 g/mol. The summed E-state index contributed by atoms with van der Waals surface area (Å²) in [4.78, 5) is 12.0. The molecule has 1 N–H and O–H groups in total. The molecule has 2 rings (SSSR count). The number of rotatable bonds is 6. The maximum absolute atomic E-state index is 13.5. The number of carbonyl (C=O) groups is 1. The first kappa shape index (κ1) is 17.3. The largest absolute Gasteiger partial charge is 0.493 e. The summed E-state index contributed by atoms with van der Waals surface area (Å²) in [5.41, 5.74) is 1.09. The van der Waals surface area contributed by atoms with Crippen LogP contribution in [0.1, 0.15) is 12.0 Å². The van der Waals surface area contributed by atoms with Crippen LogP contribution in [-0.2, 0) is 11.2 Å². The van der Waals surface area contributed by atoms with Crippen molar-refractivity contribution >= 4 is 27.5 Å². The summed E-state index contributed by atoms with van der Waals surface area (Å²) >= 11 is 3.45. The monoisotopic (exact) mass is 381 g/mol. The normalized spacial score (nSPS) is 10.3. The molecule has 2 aromatic rings. The zero-order chi connectivity index (χ0) is 16.8. The average molecular weight is 382 g/mol. The molecule has 4 nitrogen and oxygen atoms in total. The maximum Gasteiger partial charge on any atom is 0.224 e. The highest BCUT2D eigenvalue weighted by Gasteiger charge is 2.12. The van der Waals surface area contributed by atoms with Crippen LogP contribution in [0.5, 0.6) is 11.5 Å². The van der Waals surface area contributed by atoms with Crippen molar-refractivity contribution in [2.24, 2.45) is 0 Å². The minimum absolute atomic E-state index is 0.184. The fourth-order valence-electron chi connectivity index (χ4n) is 2.11. The molecule has 0 aromatic heterocycles. The van der Waals surface area contributed by atoms with Gasteiger partial charge in [-0.1, -0.05) is 28.1 Å². The minimum Gasteiger partial charge on any atom is -0.493 e. The summed E-state index contributed by atoms with van der Waals surface area (Å²) in [6.07, 6.45) is 0.712. The average Bonchev–Trinajstić information content (AvgIpc) is 2.55. The van der Waals surface area contributed by atoms with Crippen molar-refractivity contribution in [1.82, 2.24) is 0 Å². The molecule has 0 heterocycles. The second-order valence-corrected chi connectivity index (χ2v) is 5.68. The third kappa shape index (κ3) is 4.45. The summed E-state index contributed by atoms with van der Waals surface area (Å²) < 4.78 is 24.8. The number of anilines is 1. The molecule has 0 aliphatic heterocycles. The number of amides is 1. The summed E-state index contributed by atoms with van der Waals surface area (Å²) in [5, 5.41) is 2.57. The van der Waals surface area contributed by atoms with Gasteiger partial charge in [-0.05, 0) is 36.2 Å². The van der Waals surface area contributed by atoms with Crippen LogP contribution in [0.25, 0.3) is 0 Å². The number of carbonyl (C=O) groups excluding carboxylic acids is 1. The van der Waals surface area contributed by atoms with Gasteiger partial charge in [0.05, 0.1) is 19.9 Å². The van der Waals surface area contributed by atoms with Crippen molar-refractivity contribution in [3.8, 4) is 11.5 Å². The quantitative estimate of drug-likeness (QED) is 0.816. The van der Waals surface area contributed by atoms with E-state index in [-0.39, 0.29) is 18.0 Å². The van der Waals surface area contributed by atoms with E-state index < -0.39 is 5.82 Å². The van der Waals surface area contributed by atoms with E-state index in [2.05, 4.69) is 21.2 Å². The van der Waals surface area contributed by atoms with Crippen molar-refractivity contribution in [3.63, 3.8) is 0 Å². The summed E-state index contributed by atoms with van der Waals surface area (Å²) in [5.74, 6) is 0.504. The third-order valence-electron chi connectivity index (χ3n) is 3.32. The Labute approximate surface area is 142 Å². The lowest BCUT2D eigenvalue weighted by Crippen LogP contribution is -2.13. The highest BCUT2D eigenvalue weighted by molar-refractivity contribution is 9.10. The van der Waals surface area contributed by atoms with Gasteiger partial charge in [0.2, 0.25) is 5.91 Å². The number of hydrogen-bond acceptors (Lipinski definition) is 3. The number of halogens is 2. The van der Waals surface area contributed by atoms with Crippen molar-refractivity contribution in [1.29, 1.82) is 0 Å². The molecule has 0 aliphatic carbocycles. The first-order chi connectivity index (χ1) is 11.0. The van der Waals surface area contributed by atoms with Gasteiger partial charge in [0.15, 0.2) is 11.5 Å². The van der Waals surface area contributed by atoms with E-state index in [0.29, 0.717) is 17.9 Å². The Bertz CT molecular complexity index is 706. The molecule has 0 atom stereocenters. The molecule has 0 bridgehead atoms. The summed E-state index contributed by atoms with van der Waals surface area (Å²) in [6, 6.07) is 9.69. The predicted molar refractivity (Wildman–Crippen MR) is 90.6 cm³/mol. The van der Waals surface area contributed by atoms with Gasteiger partial charge in [0.1, 0.15) is 5.82 Å². The van der Waals surface area contributed by atoms with Gasteiger partial charge in [0, 0.05) is 10.9 Å². The smallest absolute Gasteiger partial charge is 0.224 e. The van der Waals surface area contributed by atoms with Crippen LogP contribution in [0.3, 0.4) is 0 Å². The minimum atomic E-state index is -0.451. The van der Waals surface area contributed by atoms with E-state index in [1.807, 2.05) is 6.07 Å². The lowest BCUT2D eigenvalue weighted by atomic mass is 10.1. The Morgan fingerprint density at radius 1 is 1.17 bits per heavy atom. The van der Waals surface area contributed by atoms with Crippen molar-refractivity contribution in [2.75, 3.05) is 19.5 Å². The van der Waals surface area contributed by atoms with Crippen LogP contribution in [0.15, 0.2) is 40.9 Å². The van der Waals surface area contributed by atoms with Gasteiger partial charge in [-0.15, -0.1) is 0 Å². The van der Waals surface area contributed by atoms with Gasteiger partial charge >= 0.3 is 0 Å². The number of benzene rings is 2. The molecule has 0 fully saturated rings. The highest BCUT2D eigenvalue weighted by atomic mass is 79.9. The second-order valence-electron chi connectivity index (χ2n) is 4.83. The van der Waals surface area contributed by atoms with Gasteiger partial charge in [-0.2, -0.15) is 0 Å². The molecule has 0 aliphatic rings. The maximum atomic E-state index is 13.5. The molecule has 0 unspecified atom stereocenters. The molecule has 0 saturated carbocycles. The lowest BCUT2D eigenvalue weighted by molar-refractivity contribution is -0.116. The zero-order valence-corrected chi connectivity index (χ0v) is 14.4. The van der Waals surface area contributed by atoms with Crippen LogP contribution in [0.4, 0.5) is 10.1 Å². The Kier molecular flexibility index (Phi) is 5.98. The molecular formula is C17H17BrFNO3. The number of aryl methyl sites for hydroxylation is 1. The van der Waals surface area contributed by atoms with Gasteiger partial charge in [0.25, 0.3) is 0 Å². The number of para-hydroxylation sites is 1. The van der Waals surface area contributed by atoms with E-state index in [9.17, 15) is 9.18 Å². The van der Waals surface area contributed by atoms with Crippen molar-refractivity contribution in [3.05, 3.63) is 52.3 Å². The van der Waals surface area contributed by atoms with E-state index in [1.54, 1.807) is 32.4 Å². The lowest BCUT2D eigenvalue weighted by Gasteiger charge is -2.12. The first-order valence-corrected chi connectivity index (χ1v) is 7.79. The topological polar surface area (TPSA) is 47.6 Å². The van der Waals surface area contributed by atoms with Gasteiger partial charge in [-0.25, -0.2) is 4.39 Å². The number of methoxy groups -OCH3 is 2. The van der Waals surface area contributed by atoms with Crippen LogP contribution in [0.2, 0.25) is 0 Å². The molecule has 0 saturated heterocycles. The molecule has 6 heteroatoms. The third-order valence-corrected chi connectivity index (χ3v) is 4.06. The van der Waals surface area contributed by atoms with Crippen LogP contribution in [-0.4, -0.2) is 20.1 Å². The predicted octanol–water partition coefficient (Wildman–Crippen LogP) is 4.18. The van der Waals surface area contributed by atoms with Crippen LogP contribution in [0, 0.1) is 5.82 Å². The van der Waals surface area contributed by atoms with E-state index in [0.717, 1.165) is 10.0 Å². The standard InChI is InChI=1S/C17H17BrFNO3/c1-22-15-9-11(12(18)10-16(15)23-2)7-8-17(21)20-14-6-4-3-5-13(14)19/h3-6,9-10H,7-8H2,1-2H3,(H,20,21). The molecule has 2 aromatic carbocycles. The Morgan fingerprint density at radius 2 is 1.83 bits per heavy atom. The molecule has 0 radical (unpaired) electrons. The molecule has 23 heavy (non-hydrogen) atoms. The number of ether oxygens (including phenoxy) is 2. The number of hydrogen-bond donors (Lipinski definition) is 1. The first-order valence-electron chi connectivity index (χ1n) is 7.00.